The first-order chi connectivity index (χ1) is 4.74. The minimum absolute atomic E-state index is 0.224. The second-order valence-electron chi connectivity index (χ2n) is 1.64. The molecule has 0 aliphatic heterocycles. The first-order valence-corrected chi connectivity index (χ1v) is 3.81. The molecule has 0 radical (unpaired) electrons. The lowest BCUT2D eigenvalue weighted by atomic mass is 10.5. The van der Waals surface area contributed by atoms with E-state index < -0.39 is 11.6 Å². The summed E-state index contributed by atoms with van der Waals surface area (Å²) in [5.74, 6) is -1.25. The third-order valence-electron chi connectivity index (χ3n) is 0.967. The lowest BCUT2D eigenvalue weighted by molar-refractivity contribution is 0.548. The lowest BCUT2D eigenvalue weighted by Gasteiger charge is -1.95. The van der Waals surface area contributed by atoms with Crippen molar-refractivity contribution in [2.75, 3.05) is 6.26 Å². The van der Waals surface area contributed by atoms with Crippen LogP contribution in [0.4, 0.5) is 8.78 Å². The van der Waals surface area contributed by atoms with Crippen LogP contribution in [-0.2, 0) is 0 Å². The van der Waals surface area contributed by atoms with Gasteiger partial charge in [0, 0.05) is 6.07 Å². The minimum atomic E-state index is -0.643. The van der Waals surface area contributed by atoms with Gasteiger partial charge in [-0.05, 0) is 6.26 Å². The highest BCUT2D eigenvalue weighted by Crippen LogP contribution is 2.15. The number of thioether (sulfide) groups is 1. The number of aromatic nitrogens is 1. The van der Waals surface area contributed by atoms with E-state index in [1.165, 1.54) is 0 Å². The molecule has 0 unspecified atom stereocenters. The highest BCUT2D eigenvalue weighted by atomic mass is 32.2. The van der Waals surface area contributed by atoms with Crippen LogP contribution >= 0.6 is 11.8 Å². The molecule has 0 N–H and O–H groups in total. The molecule has 0 bridgehead atoms. The zero-order valence-corrected chi connectivity index (χ0v) is 6.08. The van der Waals surface area contributed by atoms with Crippen molar-refractivity contribution in [2.24, 2.45) is 0 Å². The summed E-state index contributed by atoms with van der Waals surface area (Å²) in [4.78, 5) is 3.51. The Labute approximate surface area is 61.5 Å². The Bertz CT molecular complexity index is 239. The Morgan fingerprint density at radius 2 is 2.20 bits per heavy atom. The fourth-order valence-electron chi connectivity index (χ4n) is 0.552. The van der Waals surface area contributed by atoms with Gasteiger partial charge in [0.15, 0.2) is 5.82 Å². The van der Waals surface area contributed by atoms with Gasteiger partial charge >= 0.3 is 0 Å². The highest BCUT2D eigenvalue weighted by molar-refractivity contribution is 7.98. The Morgan fingerprint density at radius 3 is 2.70 bits per heavy atom. The molecule has 0 aliphatic rings. The van der Waals surface area contributed by atoms with Gasteiger partial charge in [-0.15, -0.1) is 11.8 Å². The molecule has 0 amide bonds. The van der Waals surface area contributed by atoms with Gasteiger partial charge in [-0.2, -0.15) is 0 Å². The van der Waals surface area contributed by atoms with Gasteiger partial charge in [0.2, 0.25) is 0 Å². The molecule has 0 saturated carbocycles. The fraction of sp³-hybridized carbons (Fsp3) is 0.167. The molecular weight excluding hydrogens is 156 g/mol. The van der Waals surface area contributed by atoms with Crippen LogP contribution in [0.5, 0.6) is 0 Å². The van der Waals surface area contributed by atoms with Crippen LogP contribution in [0, 0.1) is 11.6 Å². The average molecular weight is 161 g/mol. The standard InChI is InChI=1S/C6H5F2NS/c1-10-6-5(8)2-4(7)3-9-6/h2-3H,1H3. The van der Waals surface area contributed by atoms with Crippen molar-refractivity contribution < 1.29 is 8.78 Å². The van der Waals surface area contributed by atoms with Crippen LogP contribution in [0.25, 0.3) is 0 Å². The number of nitrogens with zero attached hydrogens (tertiary/aromatic N) is 1. The maximum absolute atomic E-state index is 12.5. The molecule has 4 heteroatoms. The van der Waals surface area contributed by atoms with Gasteiger partial charge in [-0.3, -0.25) is 0 Å². The van der Waals surface area contributed by atoms with Gasteiger partial charge in [-0.1, -0.05) is 0 Å². The molecule has 1 rings (SSSR count). The molecular formula is C6H5F2NS. The first kappa shape index (κ1) is 7.47. The molecule has 1 heterocycles. The molecule has 1 nitrogen and oxygen atoms in total. The Hall–Kier alpha value is -0.640. The largest absolute Gasteiger partial charge is 0.244 e. The Kier molecular flexibility index (Phi) is 2.21. The maximum Gasteiger partial charge on any atom is 0.158 e. The maximum atomic E-state index is 12.5. The van der Waals surface area contributed by atoms with Crippen LogP contribution in [0.1, 0.15) is 0 Å². The zero-order valence-electron chi connectivity index (χ0n) is 5.27. The van der Waals surface area contributed by atoms with Gasteiger partial charge in [0.05, 0.1) is 6.20 Å². The van der Waals surface area contributed by atoms with Crippen molar-refractivity contribution >= 4 is 11.8 Å². The van der Waals surface area contributed by atoms with E-state index in [1.54, 1.807) is 6.26 Å². The quantitative estimate of drug-likeness (QED) is 0.585. The van der Waals surface area contributed by atoms with Crippen LogP contribution in [-0.4, -0.2) is 11.2 Å². The second kappa shape index (κ2) is 2.96. The highest BCUT2D eigenvalue weighted by Gasteiger charge is 2.01. The molecule has 0 spiro atoms. The number of halogens is 2. The van der Waals surface area contributed by atoms with E-state index in [9.17, 15) is 8.78 Å². The van der Waals surface area contributed by atoms with E-state index >= 15 is 0 Å². The first-order valence-electron chi connectivity index (χ1n) is 2.59. The van der Waals surface area contributed by atoms with E-state index in [0.717, 1.165) is 24.0 Å². The SMILES string of the molecule is CSc1ncc(F)cc1F. The third-order valence-corrected chi connectivity index (χ3v) is 1.65. The summed E-state index contributed by atoms with van der Waals surface area (Å²) in [5.41, 5.74) is 0. The smallest absolute Gasteiger partial charge is 0.158 e. The minimum Gasteiger partial charge on any atom is -0.244 e. The predicted octanol–water partition coefficient (Wildman–Crippen LogP) is 2.08. The molecule has 1 aromatic rings. The topological polar surface area (TPSA) is 12.9 Å². The predicted molar refractivity (Wildman–Crippen MR) is 35.9 cm³/mol. The molecule has 0 aliphatic carbocycles. The summed E-state index contributed by atoms with van der Waals surface area (Å²) in [7, 11) is 0. The molecule has 0 aromatic carbocycles. The molecule has 0 fully saturated rings. The Morgan fingerprint density at radius 1 is 1.50 bits per heavy atom. The van der Waals surface area contributed by atoms with Crippen LogP contribution < -0.4 is 0 Å². The third kappa shape index (κ3) is 1.44. The number of pyridine rings is 1. The van der Waals surface area contributed by atoms with E-state index in [-0.39, 0.29) is 5.03 Å². The van der Waals surface area contributed by atoms with Crippen molar-refractivity contribution in [3.8, 4) is 0 Å². The Balaban J connectivity index is 3.07. The number of rotatable bonds is 1. The van der Waals surface area contributed by atoms with Crippen molar-refractivity contribution in [1.29, 1.82) is 0 Å². The molecule has 10 heavy (non-hydrogen) atoms. The number of hydrogen-bond acceptors (Lipinski definition) is 2. The molecule has 1 aromatic heterocycles. The second-order valence-corrected chi connectivity index (χ2v) is 2.44. The van der Waals surface area contributed by atoms with Crippen molar-refractivity contribution in [3.63, 3.8) is 0 Å². The van der Waals surface area contributed by atoms with Crippen LogP contribution in [0.15, 0.2) is 17.3 Å². The van der Waals surface area contributed by atoms with E-state index in [1.807, 2.05) is 0 Å². The summed E-state index contributed by atoms with van der Waals surface area (Å²) in [6.45, 7) is 0. The van der Waals surface area contributed by atoms with Crippen LogP contribution in [0.3, 0.4) is 0 Å². The monoisotopic (exact) mass is 161 g/mol. The summed E-state index contributed by atoms with van der Waals surface area (Å²) >= 11 is 1.15. The van der Waals surface area contributed by atoms with Crippen molar-refractivity contribution in [2.45, 2.75) is 5.03 Å². The molecule has 0 saturated heterocycles. The number of hydrogen-bond donors (Lipinski definition) is 0. The summed E-state index contributed by atoms with van der Waals surface area (Å²) < 4.78 is 24.7. The van der Waals surface area contributed by atoms with Gasteiger partial charge < -0.3 is 0 Å². The van der Waals surface area contributed by atoms with Crippen LogP contribution in [0.2, 0.25) is 0 Å². The fourth-order valence-corrected chi connectivity index (χ4v) is 0.964. The summed E-state index contributed by atoms with van der Waals surface area (Å²) in [6.07, 6.45) is 2.68. The summed E-state index contributed by atoms with van der Waals surface area (Å²) in [6, 6.07) is 0.818. The van der Waals surface area contributed by atoms with E-state index in [4.69, 9.17) is 0 Å². The zero-order chi connectivity index (χ0) is 7.56. The lowest BCUT2D eigenvalue weighted by Crippen LogP contribution is -1.86. The van der Waals surface area contributed by atoms with Gasteiger partial charge in [0.1, 0.15) is 10.8 Å². The van der Waals surface area contributed by atoms with Crippen molar-refractivity contribution in [3.05, 3.63) is 23.9 Å². The van der Waals surface area contributed by atoms with E-state index in [2.05, 4.69) is 4.98 Å². The van der Waals surface area contributed by atoms with Gasteiger partial charge in [-0.25, -0.2) is 13.8 Å². The normalized spacial score (nSPS) is 9.90. The molecule has 54 valence electrons. The van der Waals surface area contributed by atoms with Gasteiger partial charge in [0.25, 0.3) is 0 Å². The molecule has 0 atom stereocenters. The summed E-state index contributed by atoms with van der Waals surface area (Å²) in [5, 5.41) is 0.224. The van der Waals surface area contributed by atoms with Crippen molar-refractivity contribution in [1.82, 2.24) is 4.98 Å². The van der Waals surface area contributed by atoms with E-state index in [0.29, 0.717) is 0 Å². The average Bonchev–Trinajstić information content (AvgIpc) is 1.88.